The fourth-order valence-electron chi connectivity index (χ4n) is 2.90. The van der Waals surface area contributed by atoms with Crippen LogP contribution in [0.4, 0.5) is 0 Å². The number of hydrogen-bond donors (Lipinski definition) is 0. The number of hydrogen-bond acceptors (Lipinski definition) is 5. The topological polar surface area (TPSA) is 72.9 Å². The van der Waals surface area contributed by atoms with Crippen LogP contribution in [0.15, 0.2) is 0 Å². The molecule has 7 heteroatoms. The smallest absolute Gasteiger partial charge is 0.223 e. The number of methoxy groups -OCH3 is 1. The highest BCUT2D eigenvalue weighted by atomic mass is 32.2. The summed E-state index contributed by atoms with van der Waals surface area (Å²) in [5, 5.41) is 0. The number of carbonyl (C=O) groups excluding carboxylic acids is 1. The zero-order valence-corrected chi connectivity index (χ0v) is 12.9. The first-order chi connectivity index (χ1) is 9.34. The van der Waals surface area contributed by atoms with Crippen LogP contribution in [-0.4, -0.2) is 69.7 Å². The number of ether oxygens (including phenoxy) is 2. The van der Waals surface area contributed by atoms with Crippen molar-refractivity contribution in [3.8, 4) is 0 Å². The Kier molecular flexibility index (Phi) is 4.71. The molecule has 1 unspecified atom stereocenters. The van der Waals surface area contributed by atoms with E-state index in [1.54, 1.807) is 12.0 Å². The zero-order valence-electron chi connectivity index (χ0n) is 12.1. The molecule has 0 aromatic heterocycles. The largest absolute Gasteiger partial charge is 0.379 e. The Morgan fingerprint density at radius 3 is 2.55 bits per heavy atom. The van der Waals surface area contributed by atoms with Crippen LogP contribution in [0.25, 0.3) is 0 Å². The van der Waals surface area contributed by atoms with E-state index in [1.165, 1.54) is 0 Å². The summed E-state index contributed by atoms with van der Waals surface area (Å²) in [5.74, 6) is -0.151. The van der Waals surface area contributed by atoms with Crippen molar-refractivity contribution >= 4 is 15.7 Å². The minimum Gasteiger partial charge on any atom is -0.379 e. The minimum absolute atomic E-state index is 0.0737. The average molecular weight is 305 g/mol. The number of nitrogens with zero attached hydrogens (tertiary/aromatic N) is 1. The summed E-state index contributed by atoms with van der Waals surface area (Å²) in [6.45, 7) is 1.90. The number of piperidine rings is 1. The quantitative estimate of drug-likeness (QED) is 0.743. The van der Waals surface area contributed by atoms with Gasteiger partial charge < -0.3 is 14.4 Å². The highest BCUT2D eigenvalue weighted by Gasteiger charge is 2.43. The summed E-state index contributed by atoms with van der Waals surface area (Å²) >= 11 is 0. The maximum atomic E-state index is 12.0. The molecule has 0 aliphatic carbocycles. The molecule has 2 saturated heterocycles. The van der Waals surface area contributed by atoms with Gasteiger partial charge in [-0.15, -0.1) is 0 Å². The van der Waals surface area contributed by atoms with Gasteiger partial charge in [-0.2, -0.15) is 0 Å². The highest BCUT2D eigenvalue weighted by Crippen LogP contribution is 2.36. The molecule has 0 aromatic rings. The van der Waals surface area contributed by atoms with E-state index in [1.807, 2.05) is 0 Å². The van der Waals surface area contributed by atoms with E-state index >= 15 is 0 Å². The maximum Gasteiger partial charge on any atom is 0.223 e. The lowest BCUT2D eigenvalue weighted by molar-refractivity contribution is -0.135. The molecule has 6 nitrogen and oxygen atoms in total. The lowest BCUT2D eigenvalue weighted by Crippen LogP contribution is -2.46. The monoisotopic (exact) mass is 305 g/mol. The second-order valence-corrected chi connectivity index (χ2v) is 8.08. The molecule has 0 bridgehead atoms. The Balaban J connectivity index is 1.81. The van der Waals surface area contributed by atoms with Crippen molar-refractivity contribution in [1.29, 1.82) is 0 Å². The number of amides is 1. The van der Waals surface area contributed by atoms with Crippen LogP contribution in [0.1, 0.15) is 25.7 Å². The van der Waals surface area contributed by atoms with Crippen LogP contribution >= 0.6 is 0 Å². The van der Waals surface area contributed by atoms with E-state index in [4.69, 9.17) is 9.47 Å². The van der Waals surface area contributed by atoms with Crippen LogP contribution < -0.4 is 0 Å². The van der Waals surface area contributed by atoms with Gasteiger partial charge in [0.15, 0.2) is 0 Å². The fraction of sp³-hybridized carbons (Fsp3) is 0.923. The van der Waals surface area contributed by atoms with E-state index in [2.05, 4.69) is 0 Å². The molecule has 0 N–H and O–H groups in total. The summed E-state index contributed by atoms with van der Waals surface area (Å²) in [7, 11) is -1.39. The standard InChI is InChI=1S/C13H23NO5S/c1-18-11-9-13(19-10-11)4-6-14(7-5-13)12(15)3-8-20(2,16)17/h11H,3-10H2,1-2H3. The van der Waals surface area contributed by atoms with Gasteiger partial charge in [-0.05, 0) is 12.8 Å². The lowest BCUT2D eigenvalue weighted by atomic mass is 9.88. The molecule has 20 heavy (non-hydrogen) atoms. The first kappa shape index (κ1) is 15.7. The van der Waals surface area contributed by atoms with E-state index in [0.29, 0.717) is 19.7 Å². The van der Waals surface area contributed by atoms with Crippen molar-refractivity contribution < 1.29 is 22.7 Å². The van der Waals surface area contributed by atoms with E-state index in [9.17, 15) is 13.2 Å². The third-order valence-corrected chi connectivity index (χ3v) is 5.17. The molecule has 2 fully saturated rings. The van der Waals surface area contributed by atoms with E-state index < -0.39 is 9.84 Å². The summed E-state index contributed by atoms with van der Waals surface area (Å²) in [6, 6.07) is 0. The average Bonchev–Trinajstić information content (AvgIpc) is 2.79. The Morgan fingerprint density at radius 2 is 2.05 bits per heavy atom. The highest BCUT2D eigenvalue weighted by molar-refractivity contribution is 7.90. The van der Waals surface area contributed by atoms with Gasteiger partial charge >= 0.3 is 0 Å². The first-order valence-electron chi connectivity index (χ1n) is 6.96. The van der Waals surface area contributed by atoms with Crippen LogP contribution in [0.2, 0.25) is 0 Å². The first-order valence-corrected chi connectivity index (χ1v) is 9.02. The van der Waals surface area contributed by atoms with Gasteiger partial charge in [0.1, 0.15) is 9.84 Å². The van der Waals surface area contributed by atoms with Gasteiger partial charge in [0.2, 0.25) is 5.91 Å². The lowest BCUT2D eigenvalue weighted by Gasteiger charge is -2.38. The van der Waals surface area contributed by atoms with Gasteiger partial charge in [-0.25, -0.2) is 8.42 Å². The van der Waals surface area contributed by atoms with Crippen molar-refractivity contribution in [3.63, 3.8) is 0 Å². The maximum absolute atomic E-state index is 12.0. The number of sulfone groups is 1. The van der Waals surface area contributed by atoms with Crippen LogP contribution in [0.3, 0.4) is 0 Å². The molecule has 2 rings (SSSR count). The molecule has 1 atom stereocenters. The van der Waals surface area contributed by atoms with Crippen molar-refractivity contribution in [3.05, 3.63) is 0 Å². The van der Waals surface area contributed by atoms with Gasteiger partial charge in [0.25, 0.3) is 0 Å². The van der Waals surface area contributed by atoms with Crippen molar-refractivity contribution in [2.45, 2.75) is 37.4 Å². The SMILES string of the molecule is COC1COC2(CCN(C(=O)CCS(C)(=O)=O)CC2)C1. The normalized spacial score (nSPS) is 26.1. The Hall–Kier alpha value is -0.660. The molecule has 1 amide bonds. The summed E-state index contributed by atoms with van der Waals surface area (Å²) in [4.78, 5) is 13.7. The van der Waals surface area contributed by atoms with Gasteiger partial charge in [0, 0.05) is 39.3 Å². The molecular weight excluding hydrogens is 282 g/mol. The van der Waals surface area contributed by atoms with Gasteiger partial charge in [-0.1, -0.05) is 0 Å². The number of carbonyl (C=O) groups is 1. The zero-order chi connectivity index (χ0) is 14.8. The molecule has 0 radical (unpaired) electrons. The van der Waals surface area contributed by atoms with Crippen LogP contribution in [0.5, 0.6) is 0 Å². The molecule has 1 spiro atoms. The van der Waals surface area contributed by atoms with Crippen molar-refractivity contribution in [2.24, 2.45) is 0 Å². The predicted octanol–water partition coefficient (Wildman–Crippen LogP) is 0.218. The molecule has 2 heterocycles. The molecule has 0 saturated carbocycles. The fourth-order valence-corrected chi connectivity index (χ4v) is 3.44. The molecule has 0 aromatic carbocycles. The van der Waals surface area contributed by atoms with Crippen LogP contribution in [-0.2, 0) is 24.1 Å². The van der Waals surface area contributed by atoms with E-state index in [0.717, 1.165) is 25.5 Å². The second-order valence-electron chi connectivity index (χ2n) is 5.82. The third kappa shape index (κ3) is 3.93. The Bertz CT molecular complexity index is 453. The summed E-state index contributed by atoms with van der Waals surface area (Å²) in [6.07, 6.45) is 3.88. The molecular formula is C13H23NO5S. The predicted molar refractivity (Wildman–Crippen MR) is 74.2 cm³/mol. The Morgan fingerprint density at radius 1 is 1.40 bits per heavy atom. The Labute approximate surface area is 120 Å². The van der Waals surface area contributed by atoms with Crippen molar-refractivity contribution in [2.75, 3.05) is 38.8 Å². The summed E-state index contributed by atoms with van der Waals surface area (Å²) < 4.78 is 33.4. The molecule has 2 aliphatic heterocycles. The van der Waals surface area contributed by atoms with E-state index in [-0.39, 0.29) is 29.8 Å². The number of likely N-dealkylation sites (tertiary alicyclic amines) is 1. The van der Waals surface area contributed by atoms with Gasteiger partial charge in [0.05, 0.1) is 24.1 Å². The molecule has 116 valence electrons. The van der Waals surface area contributed by atoms with Crippen molar-refractivity contribution in [1.82, 2.24) is 4.90 Å². The summed E-state index contributed by atoms with van der Waals surface area (Å²) in [5.41, 5.74) is -0.145. The van der Waals surface area contributed by atoms with Crippen LogP contribution in [0, 0.1) is 0 Å². The third-order valence-electron chi connectivity index (χ3n) is 4.22. The number of rotatable bonds is 4. The van der Waals surface area contributed by atoms with Gasteiger partial charge in [-0.3, -0.25) is 4.79 Å². The second kappa shape index (κ2) is 5.99. The minimum atomic E-state index is -3.08. The molecule has 2 aliphatic rings.